The number of hydrogen-bond acceptors (Lipinski definition) is 9. The largest absolute Gasteiger partial charge is 0.493 e. The zero-order valence-electron chi connectivity index (χ0n) is 22.9. The number of carbonyl (C=O) groups is 1. The standard InChI is InChI=1S/C30H32N2O5S2/c1-7-37-28(33)30(4,34)23-11-8-20(9-12-23)27-22(17-38-29-31-18(2)14-19(3)32-29)16-26(39-27)21-10-13-24(35-5)25(15-21)36-6/h8-16,34H,7,17H2,1-6H3. The average molecular weight is 565 g/mol. The molecule has 9 heteroatoms. The zero-order valence-corrected chi connectivity index (χ0v) is 24.5. The third-order valence-electron chi connectivity index (χ3n) is 6.18. The summed E-state index contributed by atoms with van der Waals surface area (Å²) in [5.74, 6) is 1.33. The van der Waals surface area contributed by atoms with Crippen LogP contribution in [0, 0.1) is 13.8 Å². The normalized spacial score (nSPS) is 12.6. The molecule has 1 N–H and O–H groups in total. The molecule has 2 aromatic heterocycles. The van der Waals surface area contributed by atoms with E-state index in [-0.39, 0.29) is 6.61 Å². The number of thiophene rings is 1. The minimum absolute atomic E-state index is 0.201. The van der Waals surface area contributed by atoms with Gasteiger partial charge < -0.3 is 19.3 Å². The smallest absolute Gasteiger partial charge is 0.342 e. The molecule has 0 amide bonds. The Morgan fingerprint density at radius 1 is 0.949 bits per heavy atom. The number of rotatable bonds is 10. The summed E-state index contributed by atoms with van der Waals surface area (Å²) in [6, 6.07) is 17.4. The second-order valence-corrected chi connectivity index (χ2v) is 11.1. The first-order chi connectivity index (χ1) is 18.7. The predicted octanol–water partition coefficient (Wildman–Crippen LogP) is 6.57. The molecule has 0 aliphatic heterocycles. The van der Waals surface area contributed by atoms with Crippen molar-refractivity contribution in [1.82, 2.24) is 9.97 Å². The highest BCUT2D eigenvalue weighted by atomic mass is 32.2. The van der Waals surface area contributed by atoms with Gasteiger partial charge in [0, 0.05) is 26.9 Å². The van der Waals surface area contributed by atoms with Crippen LogP contribution in [0.3, 0.4) is 0 Å². The van der Waals surface area contributed by atoms with Crippen LogP contribution in [0.2, 0.25) is 0 Å². The van der Waals surface area contributed by atoms with E-state index in [4.69, 9.17) is 14.2 Å². The van der Waals surface area contributed by atoms with Crippen LogP contribution < -0.4 is 9.47 Å². The molecule has 1 unspecified atom stereocenters. The van der Waals surface area contributed by atoms with Crippen molar-refractivity contribution in [2.75, 3.05) is 20.8 Å². The van der Waals surface area contributed by atoms with Crippen LogP contribution >= 0.6 is 23.1 Å². The Morgan fingerprint density at radius 3 is 2.21 bits per heavy atom. The fraction of sp³-hybridized carbons (Fsp3) is 0.300. The van der Waals surface area contributed by atoms with Gasteiger partial charge in [-0.05, 0) is 80.3 Å². The van der Waals surface area contributed by atoms with Crippen LogP contribution in [0.1, 0.15) is 36.4 Å². The number of carbonyl (C=O) groups excluding carboxylic acids is 1. The van der Waals surface area contributed by atoms with Gasteiger partial charge in [0.05, 0.1) is 20.8 Å². The quantitative estimate of drug-likeness (QED) is 0.131. The Labute approximate surface area is 237 Å². The summed E-state index contributed by atoms with van der Waals surface area (Å²) < 4.78 is 16.0. The highest BCUT2D eigenvalue weighted by Crippen LogP contribution is 2.43. The molecule has 2 aromatic carbocycles. The number of thioether (sulfide) groups is 1. The fourth-order valence-corrected chi connectivity index (χ4v) is 6.35. The summed E-state index contributed by atoms with van der Waals surface area (Å²) in [7, 11) is 3.24. The monoisotopic (exact) mass is 564 g/mol. The first kappa shape index (κ1) is 28.6. The van der Waals surface area contributed by atoms with Crippen molar-refractivity contribution in [3.05, 3.63) is 77.1 Å². The number of hydrogen-bond donors (Lipinski definition) is 1. The van der Waals surface area contributed by atoms with Gasteiger partial charge in [-0.1, -0.05) is 36.0 Å². The Hall–Kier alpha value is -3.40. The molecule has 0 aliphatic rings. The maximum atomic E-state index is 12.3. The van der Waals surface area contributed by atoms with E-state index in [0.29, 0.717) is 22.8 Å². The van der Waals surface area contributed by atoms with E-state index in [2.05, 4.69) is 16.0 Å². The molecule has 0 saturated heterocycles. The van der Waals surface area contributed by atoms with Crippen molar-refractivity contribution in [1.29, 1.82) is 0 Å². The van der Waals surface area contributed by atoms with Crippen LogP contribution in [0.4, 0.5) is 0 Å². The maximum absolute atomic E-state index is 12.3. The summed E-state index contributed by atoms with van der Waals surface area (Å²) in [5.41, 5.74) is 3.74. The van der Waals surface area contributed by atoms with Crippen molar-refractivity contribution in [2.45, 2.75) is 44.2 Å². The lowest BCUT2D eigenvalue weighted by Gasteiger charge is -2.21. The maximum Gasteiger partial charge on any atom is 0.342 e. The zero-order chi connectivity index (χ0) is 28.2. The molecule has 7 nitrogen and oxygen atoms in total. The molecule has 2 heterocycles. The van der Waals surface area contributed by atoms with Crippen LogP contribution in [0.5, 0.6) is 11.5 Å². The number of aryl methyl sites for hydroxylation is 2. The topological polar surface area (TPSA) is 90.8 Å². The van der Waals surface area contributed by atoms with Crippen LogP contribution in [0.15, 0.2) is 59.8 Å². The van der Waals surface area contributed by atoms with Gasteiger partial charge in [-0.15, -0.1) is 11.3 Å². The number of aliphatic hydroxyl groups is 1. The molecule has 4 aromatic rings. The van der Waals surface area contributed by atoms with Crippen molar-refractivity contribution in [3.8, 4) is 32.4 Å². The van der Waals surface area contributed by atoms with Gasteiger partial charge in [-0.25, -0.2) is 14.8 Å². The van der Waals surface area contributed by atoms with E-state index in [1.165, 1.54) is 6.92 Å². The number of aromatic nitrogens is 2. The molecule has 204 valence electrons. The van der Waals surface area contributed by atoms with E-state index >= 15 is 0 Å². The summed E-state index contributed by atoms with van der Waals surface area (Å²) in [4.78, 5) is 23.6. The molecular weight excluding hydrogens is 532 g/mol. The van der Waals surface area contributed by atoms with Gasteiger partial charge in [-0.3, -0.25) is 0 Å². The molecule has 39 heavy (non-hydrogen) atoms. The molecule has 0 saturated carbocycles. The number of nitrogens with zero attached hydrogens (tertiary/aromatic N) is 2. The molecular formula is C30H32N2O5S2. The molecule has 0 spiro atoms. The fourth-order valence-electron chi connectivity index (χ4n) is 4.15. The second kappa shape index (κ2) is 12.2. The van der Waals surface area contributed by atoms with E-state index < -0.39 is 11.6 Å². The summed E-state index contributed by atoms with van der Waals surface area (Å²) in [6.45, 7) is 7.30. The Kier molecular flexibility index (Phi) is 8.94. The molecule has 0 bridgehead atoms. The van der Waals surface area contributed by atoms with Gasteiger partial charge in [-0.2, -0.15) is 0 Å². The third-order valence-corrected chi connectivity index (χ3v) is 8.35. The lowest BCUT2D eigenvalue weighted by Crippen LogP contribution is -2.34. The van der Waals surface area contributed by atoms with Crippen LogP contribution in [-0.4, -0.2) is 41.9 Å². The number of methoxy groups -OCH3 is 2. The van der Waals surface area contributed by atoms with Gasteiger partial charge >= 0.3 is 5.97 Å². The molecule has 1 atom stereocenters. The highest BCUT2D eigenvalue weighted by Gasteiger charge is 2.34. The highest BCUT2D eigenvalue weighted by molar-refractivity contribution is 7.98. The van der Waals surface area contributed by atoms with Crippen molar-refractivity contribution in [3.63, 3.8) is 0 Å². The minimum Gasteiger partial charge on any atom is -0.493 e. The molecule has 4 rings (SSSR count). The SMILES string of the molecule is CCOC(=O)C(C)(O)c1ccc(-c2sc(-c3ccc(OC)c(OC)c3)cc2CSc2nc(C)cc(C)n2)cc1. The van der Waals surface area contributed by atoms with Gasteiger partial charge in [0.2, 0.25) is 0 Å². The number of ether oxygens (including phenoxy) is 3. The Balaban J connectivity index is 1.72. The first-order valence-electron chi connectivity index (χ1n) is 12.5. The van der Waals surface area contributed by atoms with E-state index in [1.807, 2.05) is 50.2 Å². The Bertz CT molecular complexity index is 1440. The molecule has 0 aliphatic carbocycles. The van der Waals surface area contributed by atoms with Gasteiger partial charge in [0.25, 0.3) is 0 Å². The summed E-state index contributed by atoms with van der Waals surface area (Å²) in [6.07, 6.45) is 0. The lowest BCUT2D eigenvalue weighted by molar-refractivity contribution is -0.164. The van der Waals surface area contributed by atoms with Crippen molar-refractivity contribution >= 4 is 29.1 Å². The van der Waals surface area contributed by atoms with E-state index in [0.717, 1.165) is 43.0 Å². The lowest BCUT2D eigenvalue weighted by atomic mass is 9.94. The predicted molar refractivity (Wildman–Crippen MR) is 156 cm³/mol. The van der Waals surface area contributed by atoms with Crippen molar-refractivity contribution < 1.29 is 24.1 Å². The second-order valence-electron chi connectivity index (χ2n) is 9.13. The average Bonchev–Trinajstić information content (AvgIpc) is 3.35. The minimum atomic E-state index is -1.73. The van der Waals surface area contributed by atoms with Crippen LogP contribution in [0.25, 0.3) is 20.9 Å². The van der Waals surface area contributed by atoms with Gasteiger partial charge in [0.1, 0.15) is 0 Å². The summed E-state index contributed by atoms with van der Waals surface area (Å²) in [5, 5.41) is 11.5. The third kappa shape index (κ3) is 6.43. The molecule has 0 radical (unpaired) electrons. The van der Waals surface area contributed by atoms with E-state index in [9.17, 15) is 9.90 Å². The molecule has 0 fully saturated rings. The van der Waals surface area contributed by atoms with Gasteiger partial charge in [0.15, 0.2) is 22.3 Å². The number of benzene rings is 2. The Morgan fingerprint density at radius 2 is 1.59 bits per heavy atom. The number of esters is 1. The van der Waals surface area contributed by atoms with E-state index in [1.54, 1.807) is 56.4 Å². The summed E-state index contributed by atoms with van der Waals surface area (Å²) >= 11 is 3.25. The first-order valence-corrected chi connectivity index (χ1v) is 14.3. The van der Waals surface area contributed by atoms with Crippen molar-refractivity contribution in [2.24, 2.45) is 0 Å². The van der Waals surface area contributed by atoms with Crippen LogP contribution in [-0.2, 0) is 20.9 Å².